The fraction of sp³-hybridized carbons (Fsp3) is 0.222. The summed E-state index contributed by atoms with van der Waals surface area (Å²) in [5.74, 6) is -2.50. The van der Waals surface area contributed by atoms with Gasteiger partial charge in [0, 0.05) is 15.8 Å². The van der Waals surface area contributed by atoms with Crippen LogP contribution < -0.4 is 0 Å². The fourth-order valence-corrected chi connectivity index (χ4v) is 3.10. The van der Waals surface area contributed by atoms with Crippen LogP contribution in [0.15, 0.2) is 42.5 Å². The van der Waals surface area contributed by atoms with Crippen LogP contribution in [0.3, 0.4) is 0 Å². The van der Waals surface area contributed by atoms with Gasteiger partial charge in [0.2, 0.25) is 0 Å². The van der Waals surface area contributed by atoms with Crippen molar-refractivity contribution in [3.05, 3.63) is 53.1 Å². The van der Waals surface area contributed by atoms with Gasteiger partial charge < -0.3 is 4.74 Å². The molecule has 2 aromatic carbocycles. The van der Waals surface area contributed by atoms with E-state index in [0.717, 1.165) is 12.1 Å². The van der Waals surface area contributed by atoms with Gasteiger partial charge in [-0.3, -0.25) is 0 Å². The molecule has 0 bridgehead atoms. The summed E-state index contributed by atoms with van der Waals surface area (Å²) in [6, 6.07) is 8.38. The zero-order valence-electron chi connectivity index (χ0n) is 14.6. The molecule has 0 atom stereocenters. The summed E-state index contributed by atoms with van der Waals surface area (Å²) in [6.45, 7) is 0. The molecule has 0 aliphatic rings. The highest BCUT2D eigenvalue weighted by atomic mass is 35.5. The molecule has 0 amide bonds. The smallest absolute Gasteiger partial charge is 0.428 e. The van der Waals surface area contributed by atoms with Crippen LogP contribution in [0, 0.1) is 0 Å². The molecule has 3 aromatic rings. The Morgan fingerprint density at radius 2 is 1.29 bits per heavy atom. The number of benzene rings is 2. The third kappa shape index (κ3) is 3.62. The summed E-state index contributed by atoms with van der Waals surface area (Å²) in [7, 11) is 0. The fourth-order valence-electron chi connectivity index (χ4n) is 2.93. The van der Waals surface area contributed by atoms with E-state index in [9.17, 15) is 44.3 Å². The number of hydrogen-bond acceptors (Lipinski definition) is 3. The Kier molecular flexibility index (Phi) is 5.28. The van der Waals surface area contributed by atoms with Crippen molar-refractivity contribution in [3.8, 4) is 0 Å². The standard InChI is InChI=1S/C18H7ClF9NO2/c19-8-5-6-12-10(7-8)13(9-3-1-2-4-11(9)29-12)14(30)31-15(16(20,21)22,17(23,24)25)18(26,27)28/h1-7H. The molecule has 31 heavy (non-hydrogen) atoms. The monoisotopic (exact) mass is 475 g/mol. The summed E-state index contributed by atoms with van der Waals surface area (Å²) in [6.07, 6.45) is -21.2. The second kappa shape index (κ2) is 7.14. The number of para-hydroxylation sites is 1. The zero-order chi connectivity index (χ0) is 23.4. The second-order valence-electron chi connectivity index (χ2n) is 6.23. The molecule has 13 heteroatoms. The van der Waals surface area contributed by atoms with E-state index in [0.29, 0.717) is 0 Å². The van der Waals surface area contributed by atoms with E-state index in [4.69, 9.17) is 11.6 Å². The maximum Gasteiger partial charge on any atom is 0.447 e. The molecule has 0 N–H and O–H groups in total. The molecule has 0 spiro atoms. The largest absolute Gasteiger partial charge is 0.447 e. The number of carbonyl (C=O) groups excluding carboxylic acids is 1. The van der Waals surface area contributed by atoms with Crippen LogP contribution in [-0.2, 0) is 4.74 Å². The van der Waals surface area contributed by atoms with Crippen LogP contribution in [0.1, 0.15) is 10.4 Å². The predicted octanol–water partition coefficient (Wildman–Crippen LogP) is 6.62. The Hall–Kier alpha value is -2.76. The lowest BCUT2D eigenvalue weighted by atomic mass is 9.99. The van der Waals surface area contributed by atoms with Crippen molar-refractivity contribution in [1.82, 2.24) is 4.98 Å². The molecule has 166 valence electrons. The number of ether oxygens (including phenoxy) is 1. The lowest BCUT2D eigenvalue weighted by Gasteiger charge is -2.37. The minimum atomic E-state index is -7.06. The van der Waals surface area contributed by atoms with Crippen molar-refractivity contribution in [1.29, 1.82) is 0 Å². The van der Waals surface area contributed by atoms with Gasteiger partial charge in [0.25, 0.3) is 0 Å². The number of fused-ring (bicyclic) bond motifs is 2. The molecule has 0 saturated heterocycles. The molecule has 0 unspecified atom stereocenters. The van der Waals surface area contributed by atoms with Gasteiger partial charge in [0.05, 0.1) is 16.6 Å². The van der Waals surface area contributed by atoms with E-state index in [2.05, 4.69) is 9.72 Å². The maximum absolute atomic E-state index is 13.2. The molecule has 3 nitrogen and oxygen atoms in total. The lowest BCUT2D eigenvalue weighted by molar-refractivity contribution is -0.443. The number of hydrogen-bond donors (Lipinski definition) is 0. The predicted molar refractivity (Wildman–Crippen MR) is 90.6 cm³/mol. The van der Waals surface area contributed by atoms with Gasteiger partial charge in [-0.25, -0.2) is 9.78 Å². The third-order valence-electron chi connectivity index (χ3n) is 4.29. The first-order valence-corrected chi connectivity index (χ1v) is 8.39. The average molecular weight is 476 g/mol. The summed E-state index contributed by atoms with van der Waals surface area (Å²) >= 11 is 5.78. The molecule has 3 rings (SSSR count). The number of carbonyl (C=O) groups is 1. The number of rotatable bonds is 2. The second-order valence-corrected chi connectivity index (χ2v) is 6.67. The molecule has 1 aromatic heterocycles. The van der Waals surface area contributed by atoms with Crippen LogP contribution in [0.2, 0.25) is 5.02 Å². The van der Waals surface area contributed by atoms with Crippen LogP contribution in [0.5, 0.6) is 0 Å². The normalized spacial score (nSPS) is 13.6. The zero-order valence-corrected chi connectivity index (χ0v) is 15.3. The molecule has 0 aliphatic carbocycles. The van der Waals surface area contributed by atoms with Gasteiger partial charge in [-0.1, -0.05) is 29.8 Å². The van der Waals surface area contributed by atoms with Gasteiger partial charge in [-0.15, -0.1) is 0 Å². The summed E-state index contributed by atoms with van der Waals surface area (Å²) in [5.41, 5.74) is -7.93. The van der Waals surface area contributed by atoms with E-state index in [1.807, 2.05) is 0 Å². The number of pyridine rings is 1. The Labute approximate surface area is 171 Å². The van der Waals surface area contributed by atoms with E-state index >= 15 is 0 Å². The van der Waals surface area contributed by atoms with Crippen LogP contribution in [0.4, 0.5) is 39.5 Å². The van der Waals surface area contributed by atoms with E-state index < -0.39 is 41.0 Å². The van der Waals surface area contributed by atoms with Gasteiger partial charge in [-0.05, 0) is 24.3 Å². The SMILES string of the molecule is O=C(OC(C(F)(F)F)(C(F)(F)F)C(F)(F)F)c1c2ccccc2nc2ccc(Cl)cc12. The molecule has 0 saturated carbocycles. The summed E-state index contributed by atoms with van der Waals surface area (Å²) in [5, 5.41) is -0.827. The minimum absolute atomic E-state index is 0.0825. The molecular formula is C18H7ClF9NO2. The van der Waals surface area contributed by atoms with Gasteiger partial charge >= 0.3 is 30.1 Å². The van der Waals surface area contributed by atoms with E-state index in [-0.39, 0.29) is 21.4 Å². The Morgan fingerprint density at radius 3 is 1.84 bits per heavy atom. The lowest BCUT2D eigenvalue weighted by Crippen LogP contribution is -2.68. The third-order valence-corrected chi connectivity index (χ3v) is 4.52. The highest BCUT2D eigenvalue weighted by Gasteiger charge is 2.87. The van der Waals surface area contributed by atoms with E-state index in [1.54, 1.807) is 0 Å². The Balaban J connectivity index is 2.34. The van der Waals surface area contributed by atoms with Crippen molar-refractivity contribution >= 4 is 39.4 Å². The first-order chi connectivity index (χ1) is 14.1. The topological polar surface area (TPSA) is 39.2 Å². The van der Waals surface area contributed by atoms with E-state index in [1.165, 1.54) is 30.3 Å². The van der Waals surface area contributed by atoms with Crippen molar-refractivity contribution in [2.45, 2.75) is 24.1 Å². The maximum atomic E-state index is 13.2. The summed E-state index contributed by atoms with van der Waals surface area (Å²) in [4.78, 5) is 16.6. The number of halogens is 10. The molecule has 0 aliphatic heterocycles. The van der Waals surface area contributed by atoms with Gasteiger partial charge in [-0.2, -0.15) is 39.5 Å². The van der Waals surface area contributed by atoms with Crippen LogP contribution >= 0.6 is 11.6 Å². The van der Waals surface area contributed by atoms with Crippen LogP contribution in [0.25, 0.3) is 21.8 Å². The number of alkyl halides is 9. The minimum Gasteiger partial charge on any atom is -0.428 e. The average Bonchev–Trinajstić information content (AvgIpc) is 2.60. The highest BCUT2D eigenvalue weighted by Crippen LogP contribution is 2.55. The molecule has 1 heterocycles. The Morgan fingerprint density at radius 1 is 0.774 bits per heavy atom. The first-order valence-electron chi connectivity index (χ1n) is 8.01. The van der Waals surface area contributed by atoms with Crippen LogP contribution in [-0.4, -0.2) is 35.1 Å². The summed E-state index contributed by atoms with van der Waals surface area (Å²) < 4.78 is 122. The van der Waals surface area contributed by atoms with Crippen molar-refractivity contribution in [3.63, 3.8) is 0 Å². The number of esters is 1. The van der Waals surface area contributed by atoms with Gasteiger partial charge in [0.15, 0.2) is 0 Å². The van der Waals surface area contributed by atoms with Crippen molar-refractivity contribution in [2.75, 3.05) is 0 Å². The quantitative estimate of drug-likeness (QED) is 0.237. The Bertz CT molecular complexity index is 1130. The highest BCUT2D eigenvalue weighted by molar-refractivity contribution is 6.31. The first kappa shape index (κ1) is 22.9. The molecule has 0 radical (unpaired) electrons. The van der Waals surface area contributed by atoms with Crippen molar-refractivity contribution < 1.29 is 49.0 Å². The molecule has 0 fully saturated rings. The van der Waals surface area contributed by atoms with Gasteiger partial charge in [0.1, 0.15) is 0 Å². The number of nitrogens with zero attached hydrogens (tertiary/aromatic N) is 1. The number of aromatic nitrogens is 1. The van der Waals surface area contributed by atoms with Crippen molar-refractivity contribution in [2.24, 2.45) is 0 Å². The molecular weight excluding hydrogens is 469 g/mol.